The number of hydrogen-bond acceptors (Lipinski definition) is 4. The van der Waals surface area contributed by atoms with Crippen molar-refractivity contribution >= 4 is 46.7 Å². The van der Waals surface area contributed by atoms with Gasteiger partial charge in [0.05, 0.1) is 0 Å². The SMILES string of the molecule is CC(C)(C)OC(=O)N[C@@H](CCN=C=[Se])CN=C=[Se]. The number of carbonyl (C=O) groups excluding carboxylic acids is 1. The van der Waals surface area contributed by atoms with Crippen molar-refractivity contribution in [3.05, 3.63) is 0 Å². The number of amides is 1. The van der Waals surface area contributed by atoms with Crippen molar-refractivity contribution in [3.8, 4) is 0 Å². The molecule has 7 heteroatoms. The van der Waals surface area contributed by atoms with Crippen molar-refractivity contribution in [2.24, 2.45) is 9.98 Å². The zero-order valence-electron chi connectivity index (χ0n) is 10.7. The van der Waals surface area contributed by atoms with E-state index in [4.69, 9.17) is 4.74 Å². The molecule has 0 saturated heterocycles. The van der Waals surface area contributed by atoms with Crippen LogP contribution in [0.3, 0.4) is 0 Å². The zero-order chi connectivity index (χ0) is 14.0. The molecule has 100 valence electrons. The average molecular weight is 381 g/mol. The van der Waals surface area contributed by atoms with Crippen LogP contribution in [0.15, 0.2) is 9.98 Å². The van der Waals surface area contributed by atoms with E-state index < -0.39 is 11.7 Å². The van der Waals surface area contributed by atoms with Crippen LogP contribution >= 0.6 is 0 Å². The van der Waals surface area contributed by atoms with Crippen LogP contribution in [0.1, 0.15) is 27.2 Å². The molecule has 0 aliphatic rings. The van der Waals surface area contributed by atoms with Gasteiger partial charge in [-0.3, -0.25) is 0 Å². The van der Waals surface area contributed by atoms with Crippen LogP contribution < -0.4 is 5.32 Å². The van der Waals surface area contributed by atoms with E-state index in [1.165, 1.54) is 0 Å². The monoisotopic (exact) mass is 383 g/mol. The number of rotatable bonds is 6. The van der Waals surface area contributed by atoms with Crippen LogP contribution in [0.25, 0.3) is 0 Å². The van der Waals surface area contributed by atoms with Gasteiger partial charge in [-0.05, 0) is 0 Å². The Balaban J connectivity index is 4.33. The predicted octanol–water partition coefficient (Wildman–Crippen LogP) is 0.417. The van der Waals surface area contributed by atoms with Crippen LogP contribution in [0.2, 0.25) is 0 Å². The Hall–Kier alpha value is -0.531. The first-order chi connectivity index (χ1) is 8.39. The molecule has 1 N–H and O–H groups in total. The van der Waals surface area contributed by atoms with Gasteiger partial charge in [-0.2, -0.15) is 0 Å². The maximum absolute atomic E-state index is 11.6. The van der Waals surface area contributed by atoms with Gasteiger partial charge >= 0.3 is 123 Å². The van der Waals surface area contributed by atoms with Crippen LogP contribution in [0, 0.1) is 0 Å². The second kappa shape index (κ2) is 9.41. The maximum atomic E-state index is 11.6. The van der Waals surface area contributed by atoms with Crippen LogP contribution in [-0.4, -0.2) is 71.4 Å². The summed E-state index contributed by atoms with van der Waals surface area (Å²) in [6.07, 6.45) is 0.220. The molecule has 0 rings (SSSR count). The number of nitrogens with one attached hydrogen (secondary N) is 1. The number of aliphatic imine (C=N–C) groups is 2. The molecule has 1 amide bonds. The molecule has 0 aliphatic heterocycles. The molecule has 0 aliphatic carbocycles. The molecule has 0 spiro atoms. The summed E-state index contributed by atoms with van der Waals surface area (Å²) in [5.74, 6) is 0. The summed E-state index contributed by atoms with van der Waals surface area (Å²) >= 11 is 5.12. The Labute approximate surface area is 123 Å². The van der Waals surface area contributed by atoms with Gasteiger partial charge in [-0.1, -0.05) is 0 Å². The van der Waals surface area contributed by atoms with E-state index in [1.807, 2.05) is 20.8 Å². The molecule has 0 fully saturated rings. The first-order valence-corrected chi connectivity index (χ1v) is 7.17. The summed E-state index contributed by atoms with van der Waals surface area (Å²) in [4.78, 5) is 19.5. The summed E-state index contributed by atoms with van der Waals surface area (Å²) < 4.78 is 10.3. The van der Waals surface area contributed by atoms with Crippen molar-refractivity contribution < 1.29 is 9.53 Å². The van der Waals surface area contributed by atoms with Crippen molar-refractivity contribution in [2.75, 3.05) is 13.1 Å². The van der Waals surface area contributed by atoms with E-state index in [1.54, 1.807) is 0 Å². The van der Waals surface area contributed by atoms with Gasteiger partial charge < -0.3 is 0 Å². The minimum absolute atomic E-state index is 0.127. The Morgan fingerprint density at radius 1 is 1.33 bits per heavy atom. The van der Waals surface area contributed by atoms with Gasteiger partial charge in [0.25, 0.3) is 0 Å². The zero-order valence-corrected chi connectivity index (χ0v) is 14.2. The van der Waals surface area contributed by atoms with E-state index in [2.05, 4.69) is 55.9 Å². The molecule has 0 unspecified atom stereocenters. The topological polar surface area (TPSA) is 63.0 Å². The van der Waals surface area contributed by atoms with Crippen LogP contribution in [-0.2, 0) is 4.74 Å². The van der Waals surface area contributed by atoms with Crippen LogP contribution in [0.4, 0.5) is 4.79 Å². The molecule has 0 aromatic heterocycles. The Morgan fingerprint density at radius 2 is 1.94 bits per heavy atom. The predicted molar refractivity (Wildman–Crippen MR) is 73.9 cm³/mol. The van der Waals surface area contributed by atoms with Gasteiger partial charge in [0, 0.05) is 0 Å². The summed E-state index contributed by atoms with van der Waals surface area (Å²) in [5, 5.41) is 2.76. The summed E-state index contributed by atoms with van der Waals surface area (Å²) in [7, 11) is 0. The third kappa shape index (κ3) is 10.6. The Morgan fingerprint density at radius 3 is 2.44 bits per heavy atom. The molecule has 0 heterocycles. The van der Waals surface area contributed by atoms with Crippen molar-refractivity contribution in [1.82, 2.24) is 5.32 Å². The van der Waals surface area contributed by atoms with Gasteiger partial charge in [0.2, 0.25) is 0 Å². The van der Waals surface area contributed by atoms with Crippen LogP contribution in [0.5, 0.6) is 0 Å². The average Bonchev–Trinajstić information content (AvgIpc) is 2.23. The molecule has 18 heavy (non-hydrogen) atoms. The van der Waals surface area contributed by atoms with E-state index in [0.717, 1.165) is 0 Å². The normalized spacial score (nSPS) is 11.7. The first kappa shape index (κ1) is 17.5. The second-order valence-electron chi connectivity index (χ2n) is 4.54. The molecule has 0 aromatic rings. The fraction of sp³-hybridized carbons (Fsp3) is 0.727. The number of carbonyl (C=O) groups is 1. The van der Waals surface area contributed by atoms with Crippen molar-refractivity contribution in [3.63, 3.8) is 0 Å². The molecule has 0 bridgehead atoms. The van der Waals surface area contributed by atoms with E-state index >= 15 is 0 Å². The number of ether oxygens (including phenoxy) is 1. The summed E-state index contributed by atoms with van der Waals surface area (Å²) in [6.45, 7) is 6.47. The van der Waals surface area contributed by atoms with E-state index in [0.29, 0.717) is 19.5 Å². The van der Waals surface area contributed by atoms with E-state index in [9.17, 15) is 4.79 Å². The second-order valence-corrected chi connectivity index (χ2v) is 5.30. The van der Waals surface area contributed by atoms with E-state index in [-0.39, 0.29) is 6.04 Å². The molecule has 5 nitrogen and oxygen atoms in total. The fourth-order valence-corrected chi connectivity index (χ4v) is 1.44. The fourth-order valence-electron chi connectivity index (χ4n) is 1.10. The summed E-state index contributed by atoms with van der Waals surface area (Å²) in [6, 6.07) is -0.127. The molecular formula is C11H17N3O2Se2. The molecule has 0 aromatic carbocycles. The van der Waals surface area contributed by atoms with Gasteiger partial charge in [-0.25, -0.2) is 0 Å². The quantitative estimate of drug-likeness (QED) is 0.536. The molecular weight excluding hydrogens is 364 g/mol. The first-order valence-electron chi connectivity index (χ1n) is 5.46. The molecule has 0 saturated carbocycles. The third-order valence-electron chi connectivity index (χ3n) is 1.75. The number of alkyl carbamates (subject to hydrolysis) is 1. The molecule has 0 radical (unpaired) electrons. The molecule has 1 atom stereocenters. The Kier molecular flexibility index (Phi) is 9.13. The number of hydrogen-bond donors (Lipinski definition) is 1. The third-order valence-corrected chi connectivity index (χ3v) is 2.29. The van der Waals surface area contributed by atoms with Gasteiger partial charge in [-0.15, -0.1) is 0 Å². The van der Waals surface area contributed by atoms with Crippen molar-refractivity contribution in [2.45, 2.75) is 38.8 Å². The van der Waals surface area contributed by atoms with Gasteiger partial charge in [0.15, 0.2) is 0 Å². The minimum atomic E-state index is -0.507. The standard InChI is InChI=1S/C11H17N3O2Se2/c1-11(2,3)16-10(15)14-9(6-13-8-18)4-5-12-7-17/h9H,4-6H2,1-3H3,(H,14,15)/t9-/m0/s1. The Bertz CT molecular complexity index is 367. The van der Waals surface area contributed by atoms with Crippen molar-refractivity contribution in [1.29, 1.82) is 0 Å². The number of nitrogens with zero attached hydrogens (tertiary/aromatic N) is 2. The van der Waals surface area contributed by atoms with Gasteiger partial charge in [0.1, 0.15) is 0 Å². The summed E-state index contributed by atoms with van der Waals surface area (Å²) in [5.41, 5.74) is -0.507.